The van der Waals surface area contributed by atoms with Crippen LogP contribution in [0.4, 0.5) is 16.3 Å². The number of carbonyl (C=O) groups excluding carboxylic acids is 2. The van der Waals surface area contributed by atoms with E-state index < -0.39 is 6.09 Å². The van der Waals surface area contributed by atoms with Gasteiger partial charge in [-0.25, -0.2) is 9.69 Å². The summed E-state index contributed by atoms with van der Waals surface area (Å²) in [6, 6.07) is 22.7. The number of H-pyrrole nitrogens is 1. The molecule has 36 heavy (non-hydrogen) atoms. The molecule has 1 aromatic heterocycles. The van der Waals surface area contributed by atoms with Crippen LogP contribution in [0.25, 0.3) is 10.8 Å². The van der Waals surface area contributed by atoms with E-state index in [1.807, 2.05) is 66.7 Å². The first-order chi connectivity index (χ1) is 17.3. The van der Waals surface area contributed by atoms with Crippen LogP contribution in [0.2, 0.25) is 0 Å². The molecule has 7 nitrogen and oxygen atoms in total. The first-order valence-corrected chi connectivity index (χ1v) is 12.1. The maximum absolute atomic E-state index is 13.7. The topological polar surface area (TPSA) is 84.5 Å². The molecule has 4 rings (SSSR count). The highest BCUT2D eigenvalue weighted by molar-refractivity contribution is 5.98. The first-order valence-electron chi connectivity index (χ1n) is 12.1. The molecule has 0 fully saturated rings. The molecule has 0 aliphatic rings. The number of hydrogen-bond acceptors (Lipinski definition) is 5. The Morgan fingerprint density at radius 3 is 2.47 bits per heavy atom. The molecule has 0 saturated carbocycles. The number of carbonyl (C=O) groups is 2. The van der Waals surface area contributed by atoms with E-state index in [2.05, 4.69) is 31.0 Å². The highest BCUT2D eigenvalue weighted by Gasteiger charge is 2.26. The lowest BCUT2D eigenvalue weighted by Gasteiger charge is -2.21. The van der Waals surface area contributed by atoms with Crippen molar-refractivity contribution in [2.45, 2.75) is 46.0 Å². The van der Waals surface area contributed by atoms with Crippen LogP contribution >= 0.6 is 0 Å². The number of fused-ring (bicyclic) bond motifs is 1. The molecule has 1 heterocycles. The smallest absolute Gasteiger partial charge is 0.425 e. The van der Waals surface area contributed by atoms with Gasteiger partial charge in [-0.3, -0.25) is 9.89 Å². The second kappa shape index (κ2) is 10.6. The standard InChI is InChI=1S/C29H31N3O4/c1-5-35-27(33)17-16-20-10-8-13-22(18-20)32(26-19-25(30-31-26)29(2,3)4)28(34)36-24-15-9-12-21-11-6-7-14-23(21)24/h6-15,18-19H,5,16-17H2,1-4H3,(H,30,31). The first kappa shape index (κ1) is 25.0. The molecule has 4 aromatic rings. The minimum atomic E-state index is -0.583. The monoisotopic (exact) mass is 485 g/mol. The van der Waals surface area contributed by atoms with E-state index >= 15 is 0 Å². The number of hydrogen-bond donors (Lipinski definition) is 1. The highest BCUT2D eigenvalue weighted by atomic mass is 16.6. The number of aromatic nitrogens is 2. The molecule has 1 N–H and O–H groups in total. The maximum atomic E-state index is 13.7. The maximum Gasteiger partial charge on any atom is 0.425 e. The van der Waals surface area contributed by atoms with Crippen molar-refractivity contribution >= 4 is 34.3 Å². The molecule has 0 unspecified atom stereocenters. The van der Waals surface area contributed by atoms with Crippen LogP contribution in [0, 0.1) is 0 Å². The lowest BCUT2D eigenvalue weighted by Crippen LogP contribution is -2.29. The summed E-state index contributed by atoms with van der Waals surface area (Å²) in [5.74, 6) is 0.637. The molecule has 1 amide bonds. The number of esters is 1. The van der Waals surface area contributed by atoms with Gasteiger partial charge in [-0.05, 0) is 42.5 Å². The van der Waals surface area contributed by atoms with Gasteiger partial charge in [0.2, 0.25) is 0 Å². The second-order valence-corrected chi connectivity index (χ2v) is 9.55. The predicted molar refractivity (Wildman–Crippen MR) is 141 cm³/mol. The Balaban J connectivity index is 1.69. The molecule has 186 valence electrons. The Hall–Kier alpha value is -4.13. The Labute approximate surface area is 211 Å². The number of aromatic amines is 1. The molecule has 7 heteroatoms. The van der Waals surface area contributed by atoms with Crippen molar-refractivity contribution < 1.29 is 19.1 Å². The minimum Gasteiger partial charge on any atom is -0.466 e. The van der Waals surface area contributed by atoms with Crippen molar-refractivity contribution in [1.82, 2.24) is 10.2 Å². The summed E-state index contributed by atoms with van der Waals surface area (Å²) < 4.78 is 11.0. The molecule has 0 saturated heterocycles. The van der Waals surface area contributed by atoms with Crippen molar-refractivity contribution in [3.05, 3.63) is 84.1 Å². The summed E-state index contributed by atoms with van der Waals surface area (Å²) >= 11 is 0. The van der Waals surface area contributed by atoms with Crippen molar-refractivity contribution in [1.29, 1.82) is 0 Å². The quantitative estimate of drug-likeness (QED) is 0.295. The van der Waals surface area contributed by atoms with Crippen LogP contribution in [-0.2, 0) is 21.4 Å². The fraction of sp³-hybridized carbons (Fsp3) is 0.276. The van der Waals surface area contributed by atoms with Gasteiger partial charge >= 0.3 is 12.1 Å². The van der Waals surface area contributed by atoms with Crippen LogP contribution in [0.5, 0.6) is 5.75 Å². The molecule has 0 atom stereocenters. The molecule has 0 aliphatic heterocycles. The van der Waals surface area contributed by atoms with E-state index in [0.717, 1.165) is 22.0 Å². The van der Waals surface area contributed by atoms with Gasteiger partial charge < -0.3 is 9.47 Å². The summed E-state index contributed by atoms with van der Waals surface area (Å²) in [5, 5.41) is 9.31. The Morgan fingerprint density at radius 1 is 0.972 bits per heavy atom. The van der Waals surface area contributed by atoms with E-state index in [-0.39, 0.29) is 17.8 Å². The van der Waals surface area contributed by atoms with Crippen LogP contribution < -0.4 is 9.64 Å². The Kier molecular flexibility index (Phi) is 7.38. The van der Waals surface area contributed by atoms with Gasteiger partial charge in [0.05, 0.1) is 12.3 Å². The van der Waals surface area contributed by atoms with Gasteiger partial charge in [-0.1, -0.05) is 69.3 Å². The number of nitrogens with zero attached hydrogens (tertiary/aromatic N) is 2. The number of benzene rings is 3. The summed E-state index contributed by atoms with van der Waals surface area (Å²) in [6.07, 6.45) is 0.168. The largest absolute Gasteiger partial charge is 0.466 e. The normalized spacial score (nSPS) is 11.3. The van der Waals surface area contributed by atoms with Gasteiger partial charge in [0.1, 0.15) is 5.75 Å². The fourth-order valence-electron chi connectivity index (χ4n) is 3.90. The highest BCUT2D eigenvalue weighted by Crippen LogP contribution is 2.32. The third-order valence-electron chi connectivity index (χ3n) is 5.82. The number of amides is 1. The van der Waals surface area contributed by atoms with Gasteiger partial charge in [0.15, 0.2) is 5.82 Å². The van der Waals surface area contributed by atoms with E-state index in [9.17, 15) is 9.59 Å². The van der Waals surface area contributed by atoms with Gasteiger partial charge in [-0.15, -0.1) is 0 Å². The molecule has 0 spiro atoms. The van der Waals surface area contributed by atoms with Gasteiger partial charge in [0.25, 0.3) is 0 Å². The lowest BCUT2D eigenvalue weighted by molar-refractivity contribution is -0.143. The third-order valence-corrected chi connectivity index (χ3v) is 5.82. The van der Waals surface area contributed by atoms with Crippen LogP contribution in [-0.4, -0.2) is 28.9 Å². The van der Waals surface area contributed by atoms with Crippen LogP contribution in [0.15, 0.2) is 72.8 Å². The SMILES string of the molecule is CCOC(=O)CCc1cccc(N(C(=O)Oc2cccc3ccccc23)c2cc(C(C)(C)C)[nH]n2)c1. The summed E-state index contributed by atoms with van der Waals surface area (Å²) in [7, 11) is 0. The average molecular weight is 486 g/mol. The van der Waals surface area contributed by atoms with Crippen molar-refractivity contribution in [2.24, 2.45) is 0 Å². The van der Waals surface area contributed by atoms with E-state index in [1.165, 1.54) is 4.90 Å². The number of nitrogens with one attached hydrogen (secondary N) is 1. The molecular weight excluding hydrogens is 454 g/mol. The number of rotatable bonds is 7. The third kappa shape index (κ3) is 5.74. The van der Waals surface area contributed by atoms with Crippen LogP contribution in [0.1, 0.15) is 45.4 Å². The average Bonchev–Trinajstić information content (AvgIpc) is 3.34. The van der Waals surface area contributed by atoms with E-state index in [0.29, 0.717) is 30.3 Å². The minimum absolute atomic E-state index is 0.183. The van der Waals surface area contributed by atoms with Crippen LogP contribution in [0.3, 0.4) is 0 Å². The molecular formula is C29H31N3O4. The lowest BCUT2D eigenvalue weighted by atomic mass is 9.92. The van der Waals surface area contributed by atoms with Crippen molar-refractivity contribution in [2.75, 3.05) is 11.5 Å². The Morgan fingerprint density at radius 2 is 1.72 bits per heavy atom. The van der Waals surface area contributed by atoms with Crippen molar-refractivity contribution in [3.63, 3.8) is 0 Å². The predicted octanol–water partition coefficient (Wildman–Crippen LogP) is 6.69. The number of aryl methyl sites for hydroxylation is 1. The van der Waals surface area contributed by atoms with Crippen molar-refractivity contribution in [3.8, 4) is 5.75 Å². The second-order valence-electron chi connectivity index (χ2n) is 9.55. The molecule has 0 radical (unpaired) electrons. The molecule has 0 bridgehead atoms. The summed E-state index contributed by atoms with van der Waals surface area (Å²) in [6.45, 7) is 8.34. The van der Waals surface area contributed by atoms with E-state index in [4.69, 9.17) is 9.47 Å². The zero-order valence-electron chi connectivity index (χ0n) is 21.1. The molecule has 0 aliphatic carbocycles. The number of ether oxygens (including phenoxy) is 2. The summed E-state index contributed by atoms with van der Waals surface area (Å²) in [5.41, 5.74) is 2.19. The van der Waals surface area contributed by atoms with Gasteiger partial charge in [0, 0.05) is 29.0 Å². The Bertz CT molecular complexity index is 1360. The number of anilines is 2. The van der Waals surface area contributed by atoms with E-state index in [1.54, 1.807) is 13.0 Å². The molecule has 3 aromatic carbocycles. The zero-order valence-corrected chi connectivity index (χ0v) is 21.1. The zero-order chi connectivity index (χ0) is 25.7. The summed E-state index contributed by atoms with van der Waals surface area (Å²) in [4.78, 5) is 27.0. The van der Waals surface area contributed by atoms with Gasteiger partial charge in [-0.2, -0.15) is 5.10 Å². The fourth-order valence-corrected chi connectivity index (χ4v) is 3.90.